The van der Waals surface area contributed by atoms with Crippen LogP contribution in [0.2, 0.25) is 0 Å². The SMILES string of the molecule is CC(NC(=O)C1CC=CCC1)c1ccc(F)cc1F. The average Bonchev–Trinajstić information content (AvgIpc) is 2.39. The Morgan fingerprint density at radius 2 is 2.16 bits per heavy atom. The third kappa shape index (κ3) is 3.40. The maximum atomic E-state index is 13.6. The summed E-state index contributed by atoms with van der Waals surface area (Å²) in [6.07, 6.45) is 6.51. The van der Waals surface area contributed by atoms with Crippen molar-refractivity contribution in [3.63, 3.8) is 0 Å². The zero-order chi connectivity index (χ0) is 13.8. The van der Waals surface area contributed by atoms with Crippen molar-refractivity contribution in [3.8, 4) is 0 Å². The molecular weight excluding hydrogens is 248 g/mol. The molecule has 19 heavy (non-hydrogen) atoms. The first-order chi connectivity index (χ1) is 9.08. The number of nitrogens with one attached hydrogen (secondary N) is 1. The molecule has 1 aromatic carbocycles. The van der Waals surface area contributed by atoms with E-state index in [0.717, 1.165) is 25.3 Å². The lowest BCUT2D eigenvalue weighted by atomic mass is 9.93. The van der Waals surface area contributed by atoms with E-state index in [0.29, 0.717) is 5.56 Å². The minimum atomic E-state index is -0.628. The molecule has 1 aromatic rings. The number of halogens is 2. The molecule has 2 nitrogen and oxygen atoms in total. The predicted molar refractivity (Wildman–Crippen MR) is 69.4 cm³/mol. The van der Waals surface area contributed by atoms with Crippen molar-refractivity contribution >= 4 is 5.91 Å². The average molecular weight is 265 g/mol. The second-order valence-corrected chi connectivity index (χ2v) is 4.88. The van der Waals surface area contributed by atoms with E-state index in [-0.39, 0.29) is 11.8 Å². The van der Waals surface area contributed by atoms with Gasteiger partial charge in [0.2, 0.25) is 5.91 Å². The summed E-state index contributed by atoms with van der Waals surface area (Å²) in [5.41, 5.74) is 0.307. The van der Waals surface area contributed by atoms with Gasteiger partial charge in [-0.05, 0) is 32.3 Å². The molecule has 0 fully saturated rings. The molecule has 0 saturated carbocycles. The molecule has 0 saturated heterocycles. The van der Waals surface area contributed by atoms with Crippen LogP contribution in [0.3, 0.4) is 0 Å². The fourth-order valence-corrected chi connectivity index (χ4v) is 2.29. The Balaban J connectivity index is 2.02. The zero-order valence-corrected chi connectivity index (χ0v) is 10.8. The van der Waals surface area contributed by atoms with E-state index in [9.17, 15) is 13.6 Å². The molecule has 0 spiro atoms. The first-order valence-corrected chi connectivity index (χ1v) is 6.48. The van der Waals surface area contributed by atoms with Gasteiger partial charge in [-0.2, -0.15) is 0 Å². The summed E-state index contributed by atoms with van der Waals surface area (Å²) in [5.74, 6) is -1.36. The maximum absolute atomic E-state index is 13.6. The highest BCUT2D eigenvalue weighted by Crippen LogP contribution is 2.21. The summed E-state index contributed by atoms with van der Waals surface area (Å²) in [5, 5.41) is 2.79. The zero-order valence-electron chi connectivity index (χ0n) is 10.8. The fraction of sp³-hybridized carbons (Fsp3) is 0.400. The maximum Gasteiger partial charge on any atom is 0.223 e. The van der Waals surface area contributed by atoms with E-state index in [1.165, 1.54) is 12.1 Å². The Morgan fingerprint density at radius 1 is 1.37 bits per heavy atom. The summed E-state index contributed by atoms with van der Waals surface area (Å²) in [6.45, 7) is 1.70. The van der Waals surface area contributed by atoms with Crippen molar-refractivity contribution in [2.45, 2.75) is 32.2 Å². The number of carbonyl (C=O) groups is 1. The van der Waals surface area contributed by atoms with Crippen molar-refractivity contribution in [1.82, 2.24) is 5.32 Å². The van der Waals surface area contributed by atoms with Gasteiger partial charge in [-0.1, -0.05) is 18.2 Å². The molecule has 1 N–H and O–H groups in total. The lowest BCUT2D eigenvalue weighted by molar-refractivity contribution is -0.125. The van der Waals surface area contributed by atoms with Gasteiger partial charge in [0, 0.05) is 17.5 Å². The Hall–Kier alpha value is -1.71. The smallest absolute Gasteiger partial charge is 0.223 e. The number of rotatable bonds is 3. The van der Waals surface area contributed by atoms with Crippen LogP contribution < -0.4 is 5.32 Å². The van der Waals surface area contributed by atoms with Gasteiger partial charge in [0.25, 0.3) is 0 Å². The summed E-state index contributed by atoms with van der Waals surface area (Å²) in [7, 11) is 0. The van der Waals surface area contributed by atoms with Crippen LogP contribution in [0.4, 0.5) is 8.78 Å². The lowest BCUT2D eigenvalue weighted by Crippen LogP contribution is -2.33. The Morgan fingerprint density at radius 3 is 2.79 bits per heavy atom. The second-order valence-electron chi connectivity index (χ2n) is 4.88. The third-order valence-electron chi connectivity index (χ3n) is 3.43. The van der Waals surface area contributed by atoms with Gasteiger partial charge < -0.3 is 5.32 Å². The van der Waals surface area contributed by atoms with Crippen LogP contribution in [0, 0.1) is 17.6 Å². The predicted octanol–water partition coefficient (Wildman–Crippen LogP) is 3.50. The second kappa shape index (κ2) is 5.95. The molecular formula is C15H17F2NO. The first kappa shape index (κ1) is 13.7. The highest BCUT2D eigenvalue weighted by molar-refractivity contribution is 5.79. The Bertz CT molecular complexity index is 499. The topological polar surface area (TPSA) is 29.1 Å². The molecule has 102 valence electrons. The number of benzene rings is 1. The highest BCUT2D eigenvalue weighted by atomic mass is 19.1. The highest BCUT2D eigenvalue weighted by Gasteiger charge is 2.21. The molecule has 0 heterocycles. The number of allylic oxidation sites excluding steroid dienone is 2. The molecule has 2 rings (SSSR count). The third-order valence-corrected chi connectivity index (χ3v) is 3.43. The summed E-state index contributed by atoms with van der Waals surface area (Å²) >= 11 is 0. The van der Waals surface area contributed by atoms with Crippen LogP contribution in [-0.2, 0) is 4.79 Å². The molecule has 0 aliphatic heterocycles. The van der Waals surface area contributed by atoms with E-state index in [1.807, 2.05) is 6.08 Å². The first-order valence-electron chi connectivity index (χ1n) is 6.48. The summed E-state index contributed by atoms with van der Waals surface area (Å²) in [4.78, 5) is 12.0. The van der Waals surface area contributed by atoms with Crippen LogP contribution in [0.5, 0.6) is 0 Å². The van der Waals surface area contributed by atoms with Crippen LogP contribution in [0.25, 0.3) is 0 Å². The largest absolute Gasteiger partial charge is 0.349 e. The molecule has 1 aliphatic carbocycles. The summed E-state index contributed by atoms with van der Waals surface area (Å²) in [6, 6.07) is 2.95. The lowest BCUT2D eigenvalue weighted by Gasteiger charge is -2.21. The van der Waals surface area contributed by atoms with Crippen molar-refractivity contribution in [2.24, 2.45) is 5.92 Å². The van der Waals surface area contributed by atoms with Gasteiger partial charge in [-0.15, -0.1) is 0 Å². The number of carbonyl (C=O) groups excluding carboxylic acids is 1. The molecule has 0 bridgehead atoms. The van der Waals surface area contributed by atoms with Gasteiger partial charge in [-0.25, -0.2) is 8.78 Å². The molecule has 2 atom stereocenters. The van der Waals surface area contributed by atoms with Crippen molar-refractivity contribution < 1.29 is 13.6 Å². The molecule has 2 unspecified atom stereocenters. The number of hydrogen-bond donors (Lipinski definition) is 1. The molecule has 1 amide bonds. The number of amides is 1. The molecule has 1 aliphatic rings. The molecule has 0 radical (unpaired) electrons. The van der Waals surface area contributed by atoms with Crippen LogP contribution in [-0.4, -0.2) is 5.91 Å². The van der Waals surface area contributed by atoms with Crippen molar-refractivity contribution in [3.05, 3.63) is 47.5 Å². The molecule has 4 heteroatoms. The minimum Gasteiger partial charge on any atom is -0.349 e. The summed E-state index contributed by atoms with van der Waals surface area (Å²) < 4.78 is 26.4. The number of hydrogen-bond acceptors (Lipinski definition) is 1. The van der Waals surface area contributed by atoms with Crippen LogP contribution >= 0.6 is 0 Å². The van der Waals surface area contributed by atoms with Crippen LogP contribution in [0.15, 0.2) is 30.4 Å². The standard InChI is InChI=1S/C15H17F2NO/c1-10(13-8-7-12(16)9-14(13)17)18-15(19)11-5-3-2-4-6-11/h2-3,7-11H,4-6H2,1H3,(H,18,19). The van der Waals surface area contributed by atoms with Gasteiger partial charge >= 0.3 is 0 Å². The van der Waals surface area contributed by atoms with E-state index in [1.54, 1.807) is 6.92 Å². The minimum absolute atomic E-state index is 0.0454. The van der Waals surface area contributed by atoms with Gasteiger partial charge in [0.05, 0.1) is 6.04 Å². The monoisotopic (exact) mass is 265 g/mol. The van der Waals surface area contributed by atoms with Gasteiger partial charge in [0.15, 0.2) is 0 Å². The van der Waals surface area contributed by atoms with Crippen LogP contribution in [0.1, 0.15) is 37.8 Å². The van der Waals surface area contributed by atoms with Gasteiger partial charge in [-0.3, -0.25) is 4.79 Å². The van der Waals surface area contributed by atoms with Gasteiger partial charge in [0.1, 0.15) is 11.6 Å². The van der Waals surface area contributed by atoms with Crippen molar-refractivity contribution in [1.29, 1.82) is 0 Å². The quantitative estimate of drug-likeness (QED) is 0.833. The van der Waals surface area contributed by atoms with E-state index in [4.69, 9.17) is 0 Å². The van der Waals surface area contributed by atoms with E-state index < -0.39 is 17.7 Å². The van der Waals surface area contributed by atoms with Crippen molar-refractivity contribution in [2.75, 3.05) is 0 Å². The van der Waals surface area contributed by atoms with E-state index in [2.05, 4.69) is 11.4 Å². The van der Waals surface area contributed by atoms with E-state index >= 15 is 0 Å². The fourth-order valence-electron chi connectivity index (χ4n) is 2.29. The normalized spacial score (nSPS) is 20.1. The Kier molecular flexibility index (Phi) is 4.30. The Labute approximate surface area is 111 Å². The molecule has 0 aromatic heterocycles.